The summed E-state index contributed by atoms with van der Waals surface area (Å²) in [6.07, 6.45) is -1.00. The van der Waals surface area contributed by atoms with Gasteiger partial charge in [-0.2, -0.15) is 0 Å². The van der Waals surface area contributed by atoms with Crippen molar-refractivity contribution in [2.24, 2.45) is 5.92 Å². The molecule has 4 nitrogen and oxygen atoms in total. The summed E-state index contributed by atoms with van der Waals surface area (Å²) in [4.78, 5) is 0. The highest BCUT2D eigenvalue weighted by Crippen LogP contribution is 2.53. The second-order valence-electron chi connectivity index (χ2n) is 14.5. The largest absolute Gasteiger partial charge is 0.380 e. The highest BCUT2D eigenvalue weighted by atomic mass is 16.7. The minimum atomic E-state index is -1.77. The molecule has 4 heteroatoms. The van der Waals surface area contributed by atoms with Crippen molar-refractivity contribution < 1.29 is 19.7 Å². The standard InChI is InChI=1S/C48H40O4/c1-46(2)51-31-44(47(49,40-27-11-19-32-15-3-7-23-36(32)40)41-28-12-20-33-16-4-8-24-37(33)41)45(52-46)48(50,42-29-13-21-34-17-5-9-25-38(34)42)43-30-14-22-35-18-6-10-26-39(35)43/h3-30,44-45,49-50H,31H2,1-2H3/t44-,45-/m1/s1. The van der Waals surface area contributed by atoms with Gasteiger partial charge in [-0.3, -0.25) is 0 Å². The fourth-order valence-electron chi connectivity index (χ4n) is 8.74. The second-order valence-corrected chi connectivity index (χ2v) is 14.5. The zero-order chi connectivity index (χ0) is 35.5. The van der Waals surface area contributed by atoms with Gasteiger partial charge in [0, 0.05) is 5.92 Å². The van der Waals surface area contributed by atoms with E-state index in [0.717, 1.165) is 54.2 Å². The van der Waals surface area contributed by atoms with Crippen LogP contribution < -0.4 is 0 Å². The quantitative estimate of drug-likeness (QED) is 0.184. The topological polar surface area (TPSA) is 58.9 Å². The Bertz CT molecular complexity index is 2430. The van der Waals surface area contributed by atoms with Crippen LogP contribution in [0.2, 0.25) is 0 Å². The predicted octanol–water partition coefficient (Wildman–Crippen LogP) is 10.2. The van der Waals surface area contributed by atoms with E-state index in [9.17, 15) is 10.2 Å². The van der Waals surface area contributed by atoms with Crippen molar-refractivity contribution in [1.29, 1.82) is 0 Å². The van der Waals surface area contributed by atoms with Gasteiger partial charge in [-0.05, 0) is 79.2 Å². The first kappa shape index (κ1) is 32.5. The maximum absolute atomic E-state index is 14.2. The number of aliphatic hydroxyl groups is 2. The molecule has 2 atom stereocenters. The van der Waals surface area contributed by atoms with Gasteiger partial charge in [0.2, 0.25) is 0 Å². The molecular weight excluding hydrogens is 641 g/mol. The van der Waals surface area contributed by atoms with Crippen LogP contribution in [0.1, 0.15) is 36.1 Å². The lowest BCUT2D eigenvalue weighted by atomic mass is 9.64. The fraction of sp³-hybridized carbons (Fsp3) is 0.167. The first-order valence-electron chi connectivity index (χ1n) is 18.0. The Balaban J connectivity index is 1.41. The van der Waals surface area contributed by atoms with Gasteiger partial charge in [0.25, 0.3) is 0 Å². The maximum Gasteiger partial charge on any atom is 0.163 e. The molecule has 0 radical (unpaired) electrons. The van der Waals surface area contributed by atoms with E-state index in [1.165, 1.54) is 0 Å². The van der Waals surface area contributed by atoms with Crippen molar-refractivity contribution in [1.82, 2.24) is 0 Å². The van der Waals surface area contributed by atoms with E-state index in [-0.39, 0.29) is 6.61 Å². The normalized spacial score (nSPS) is 17.9. The Kier molecular flexibility index (Phi) is 7.76. The van der Waals surface area contributed by atoms with Gasteiger partial charge < -0.3 is 19.7 Å². The predicted molar refractivity (Wildman–Crippen MR) is 210 cm³/mol. The monoisotopic (exact) mass is 680 g/mol. The van der Waals surface area contributed by atoms with E-state index < -0.39 is 29.0 Å². The third-order valence-electron chi connectivity index (χ3n) is 11.1. The van der Waals surface area contributed by atoms with Crippen LogP contribution >= 0.6 is 0 Å². The molecular formula is C48H40O4. The summed E-state index contributed by atoms with van der Waals surface area (Å²) in [6, 6.07) is 56.9. The van der Waals surface area contributed by atoms with Gasteiger partial charge in [-0.25, -0.2) is 0 Å². The second kappa shape index (κ2) is 12.4. The Morgan fingerprint density at radius 1 is 0.442 bits per heavy atom. The maximum atomic E-state index is 14.2. The van der Waals surface area contributed by atoms with E-state index in [0.29, 0.717) is 11.1 Å². The average molecular weight is 681 g/mol. The lowest BCUT2D eigenvalue weighted by Crippen LogP contribution is -2.61. The van der Waals surface area contributed by atoms with Crippen molar-refractivity contribution in [3.05, 3.63) is 192 Å². The first-order chi connectivity index (χ1) is 25.3. The summed E-state index contributed by atoms with van der Waals surface area (Å²) in [5.74, 6) is -1.89. The highest BCUT2D eigenvalue weighted by molar-refractivity contribution is 5.93. The molecule has 0 bridgehead atoms. The molecule has 8 aromatic rings. The number of ether oxygens (including phenoxy) is 2. The van der Waals surface area contributed by atoms with Crippen LogP contribution in [0.25, 0.3) is 43.1 Å². The molecule has 0 aromatic heterocycles. The molecule has 52 heavy (non-hydrogen) atoms. The number of fused-ring (bicyclic) bond motifs is 4. The molecule has 1 heterocycles. The Hall–Kier alpha value is -5.36. The minimum Gasteiger partial charge on any atom is -0.380 e. The lowest BCUT2D eigenvalue weighted by Gasteiger charge is -2.53. The Morgan fingerprint density at radius 3 is 1.12 bits per heavy atom. The van der Waals surface area contributed by atoms with Crippen molar-refractivity contribution in [2.45, 2.75) is 36.9 Å². The molecule has 1 aliphatic rings. The number of hydrogen-bond acceptors (Lipinski definition) is 4. The van der Waals surface area contributed by atoms with E-state index in [1.807, 2.05) is 111 Å². The van der Waals surface area contributed by atoms with E-state index >= 15 is 0 Å². The molecule has 1 fully saturated rings. The molecule has 0 spiro atoms. The SMILES string of the molecule is CC1(C)OC[C@@H](C(O)(c2cccc3ccccc23)c2cccc3ccccc23)[C@H](C(O)(c2cccc3ccccc23)c2cccc3ccccc23)O1. The third kappa shape index (κ3) is 5.06. The Labute approximate surface area is 303 Å². The van der Waals surface area contributed by atoms with Crippen molar-refractivity contribution in [3.63, 3.8) is 0 Å². The van der Waals surface area contributed by atoms with Crippen LogP contribution in [0.5, 0.6) is 0 Å². The van der Waals surface area contributed by atoms with E-state index in [4.69, 9.17) is 9.47 Å². The first-order valence-corrected chi connectivity index (χ1v) is 18.0. The average Bonchev–Trinajstić information content (AvgIpc) is 3.19. The van der Waals surface area contributed by atoms with Crippen molar-refractivity contribution >= 4 is 43.1 Å². The fourth-order valence-corrected chi connectivity index (χ4v) is 8.74. The number of hydrogen-bond donors (Lipinski definition) is 2. The molecule has 0 amide bonds. The van der Waals surface area contributed by atoms with Gasteiger partial charge >= 0.3 is 0 Å². The van der Waals surface area contributed by atoms with E-state index in [1.54, 1.807) is 0 Å². The summed E-state index contributed by atoms with van der Waals surface area (Å²) >= 11 is 0. The zero-order valence-corrected chi connectivity index (χ0v) is 29.2. The van der Waals surface area contributed by atoms with Crippen molar-refractivity contribution in [3.8, 4) is 0 Å². The number of rotatable bonds is 6. The molecule has 2 N–H and O–H groups in total. The van der Waals surface area contributed by atoms with Crippen molar-refractivity contribution in [2.75, 3.05) is 6.61 Å². The van der Waals surface area contributed by atoms with Gasteiger partial charge in [0.15, 0.2) is 5.79 Å². The molecule has 0 saturated carbocycles. The summed E-state index contributed by atoms with van der Waals surface area (Å²) in [5.41, 5.74) is -0.618. The highest BCUT2D eigenvalue weighted by Gasteiger charge is 2.59. The van der Waals surface area contributed by atoms with Gasteiger partial charge in [0.1, 0.15) is 17.3 Å². The van der Waals surface area contributed by atoms with Gasteiger partial charge in [-0.1, -0.05) is 170 Å². The zero-order valence-electron chi connectivity index (χ0n) is 29.2. The van der Waals surface area contributed by atoms with Gasteiger partial charge in [0.05, 0.1) is 6.61 Å². The van der Waals surface area contributed by atoms with Gasteiger partial charge in [-0.15, -0.1) is 0 Å². The van der Waals surface area contributed by atoms with Crippen LogP contribution in [0.15, 0.2) is 170 Å². The minimum absolute atomic E-state index is 0.110. The molecule has 0 aliphatic carbocycles. The Morgan fingerprint density at radius 2 is 0.750 bits per heavy atom. The third-order valence-corrected chi connectivity index (χ3v) is 11.1. The van der Waals surface area contributed by atoms with Crippen LogP contribution in [0, 0.1) is 5.92 Å². The molecule has 8 aromatic carbocycles. The van der Waals surface area contributed by atoms with Crippen LogP contribution in [-0.2, 0) is 20.7 Å². The molecule has 9 rings (SSSR count). The summed E-state index contributed by atoms with van der Waals surface area (Å²) in [5, 5.41) is 36.0. The smallest absolute Gasteiger partial charge is 0.163 e. The molecule has 0 unspecified atom stereocenters. The van der Waals surface area contributed by atoms with Crippen LogP contribution in [0.3, 0.4) is 0 Å². The van der Waals surface area contributed by atoms with Crippen LogP contribution in [-0.4, -0.2) is 28.7 Å². The summed E-state index contributed by atoms with van der Waals surface area (Å²) in [6.45, 7) is 3.88. The van der Waals surface area contributed by atoms with E-state index in [2.05, 4.69) is 72.8 Å². The van der Waals surface area contributed by atoms with Crippen LogP contribution in [0.4, 0.5) is 0 Å². The summed E-state index contributed by atoms with van der Waals surface area (Å²) < 4.78 is 13.7. The lowest BCUT2D eigenvalue weighted by molar-refractivity contribution is -0.337. The molecule has 1 saturated heterocycles. The molecule has 1 aliphatic heterocycles. The summed E-state index contributed by atoms with van der Waals surface area (Å²) in [7, 11) is 0. The number of benzene rings is 8. The molecule has 256 valence electrons.